The predicted molar refractivity (Wildman–Crippen MR) is 29.6 cm³/mol. The Bertz CT molecular complexity index is 249. The lowest BCUT2D eigenvalue weighted by Crippen LogP contribution is -2.38. The summed E-state index contributed by atoms with van der Waals surface area (Å²) in [7, 11) is 0. The maximum absolute atomic E-state index is 3.74. The molecule has 0 fully saturated rings. The Hall–Kier alpha value is -1.72. The molecule has 2 aromatic rings. The lowest BCUT2D eigenvalue weighted by atomic mass is 11.1. The molecule has 2 rings (SSSR count). The van der Waals surface area contributed by atoms with Crippen LogP contribution in [0.5, 0.6) is 0 Å². The summed E-state index contributed by atoms with van der Waals surface area (Å²) in [6.45, 7) is 0. The molecule has 6 nitrogen and oxygen atoms in total. The van der Waals surface area contributed by atoms with Crippen LogP contribution in [0.25, 0.3) is 0 Å². The molecule has 6 heteroatoms. The van der Waals surface area contributed by atoms with Crippen LogP contribution in [0.4, 0.5) is 0 Å². The monoisotopic (exact) mass is 137 g/mol. The molecular formula is C4H5N6+. The molecule has 2 aromatic heterocycles. The van der Waals surface area contributed by atoms with E-state index in [0.717, 1.165) is 0 Å². The van der Waals surface area contributed by atoms with Crippen LogP contribution in [-0.2, 0) is 0 Å². The minimum atomic E-state index is 1.58. The van der Waals surface area contributed by atoms with Gasteiger partial charge in [0.1, 0.15) is 0 Å². The molecule has 0 bridgehead atoms. The first-order chi connectivity index (χ1) is 4.97. The zero-order valence-corrected chi connectivity index (χ0v) is 5.05. The van der Waals surface area contributed by atoms with E-state index in [0.29, 0.717) is 0 Å². The average molecular weight is 137 g/mol. The Morgan fingerprint density at radius 2 is 2.10 bits per heavy atom. The fourth-order valence-electron chi connectivity index (χ4n) is 0.659. The highest BCUT2D eigenvalue weighted by Crippen LogP contribution is 1.71. The summed E-state index contributed by atoms with van der Waals surface area (Å²) < 4.78 is 3.39. The van der Waals surface area contributed by atoms with E-state index in [4.69, 9.17) is 0 Å². The van der Waals surface area contributed by atoms with Crippen LogP contribution in [-0.4, -0.2) is 25.1 Å². The minimum Gasteiger partial charge on any atom is -0.174 e. The van der Waals surface area contributed by atoms with Gasteiger partial charge in [0.2, 0.25) is 6.33 Å². The second-order valence-electron chi connectivity index (χ2n) is 1.72. The van der Waals surface area contributed by atoms with Gasteiger partial charge in [0.15, 0.2) is 12.7 Å². The molecule has 50 valence electrons. The summed E-state index contributed by atoms with van der Waals surface area (Å²) in [6.07, 6.45) is 6.46. The number of hydrogen-bond acceptors (Lipinski definition) is 3. The van der Waals surface area contributed by atoms with E-state index in [2.05, 4.69) is 20.4 Å². The van der Waals surface area contributed by atoms with E-state index in [1.807, 2.05) is 0 Å². The lowest BCUT2D eigenvalue weighted by Gasteiger charge is -1.88. The number of hydrogen-bond donors (Lipinski definition) is 1. The molecule has 0 unspecified atom stereocenters. The van der Waals surface area contributed by atoms with Crippen molar-refractivity contribution in [1.82, 2.24) is 25.1 Å². The first kappa shape index (κ1) is 5.10. The molecule has 0 aromatic carbocycles. The first-order valence-corrected chi connectivity index (χ1v) is 2.72. The summed E-state index contributed by atoms with van der Waals surface area (Å²) in [4.78, 5) is 0. The lowest BCUT2D eigenvalue weighted by molar-refractivity contribution is -0.728. The maximum Gasteiger partial charge on any atom is 0.287 e. The molecule has 0 saturated heterocycles. The van der Waals surface area contributed by atoms with Crippen molar-refractivity contribution in [2.45, 2.75) is 0 Å². The zero-order chi connectivity index (χ0) is 6.81. The molecule has 2 heterocycles. The molecule has 10 heavy (non-hydrogen) atoms. The summed E-state index contributed by atoms with van der Waals surface area (Å²) in [6, 6.07) is 0. The molecule has 0 aliphatic heterocycles. The van der Waals surface area contributed by atoms with E-state index in [9.17, 15) is 0 Å². The van der Waals surface area contributed by atoms with E-state index in [1.165, 1.54) is 0 Å². The van der Waals surface area contributed by atoms with Crippen molar-refractivity contribution < 1.29 is 4.68 Å². The van der Waals surface area contributed by atoms with Crippen LogP contribution in [0.2, 0.25) is 0 Å². The molecule has 0 aliphatic carbocycles. The Labute approximate surface area is 56.1 Å². The van der Waals surface area contributed by atoms with Crippen molar-refractivity contribution in [2.24, 2.45) is 0 Å². The van der Waals surface area contributed by atoms with Gasteiger partial charge >= 0.3 is 0 Å². The van der Waals surface area contributed by atoms with Crippen molar-refractivity contribution in [2.75, 3.05) is 0 Å². The third-order valence-electron chi connectivity index (χ3n) is 1.11. The van der Waals surface area contributed by atoms with E-state index >= 15 is 0 Å². The third kappa shape index (κ3) is 0.661. The largest absolute Gasteiger partial charge is 0.287 e. The molecule has 0 spiro atoms. The van der Waals surface area contributed by atoms with Crippen molar-refractivity contribution in [1.29, 1.82) is 0 Å². The molecule has 0 aliphatic rings. The van der Waals surface area contributed by atoms with Gasteiger partial charge in [0.05, 0.1) is 0 Å². The number of aromatic nitrogens is 6. The van der Waals surface area contributed by atoms with Gasteiger partial charge in [-0.3, -0.25) is 0 Å². The van der Waals surface area contributed by atoms with Gasteiger partial charge < -0.3 is 0 Å². The summed E-state index contributed by atoms with van der Waals surface area (Å²) in [5.41, 5.74) is 0. The topological polar surface area (TPSA) is 63.3 Å². The van der Waals surface area contributed by atoms with Crippen LogP contribution in [0, 0.1) is 0 Å². The Morgan fingerprint density at radius 1 is 1.30 bits per heavy atom. The Morgan fingerprint density at radius 3 is 2.70 bits per heavy atom. The second-order valence-corrected chi connectivity index (χ2v) is 1.72. The van der Waals surface area contributed by atoms with E-state index < -0.39 is 0 Å². The number of aromatic amines is 1. The van der Waals surface area contributed by atoms with Gasteiger partial charge in [-0.15, -0.1) is 20.0 Å². The number of nitrogens with one attached hydrogen (secondary N) is 1. The molecule has 0 radical (unpaired) electrons. The smallest absolute Gasteiger partial charge is 0.174 e. The van der Waals surface area contributed by atoms with Crippen molar-refractivity contribution in [3.05, 3.63) is 25.3 Å². The number of rotatable bonds is 1. The normalized spacial score (nSPS) is 10.0. The molecule has 0 saturated carbocycles. The van der Waals surface area contributed by atoms with Gasteiger partial charge in [-0.1, -0.05) is 0 Å². The zero-order valence-electron chi connectivity index (χ0n) is 5.05. The van der Waals surface area contributed by atoms with Crippen LogP contribution >= 0.6 is 0 Å². The van der Waals surface area contributed by atoms with Crippen LogP contribution < -0.4 is 4.68 Å². The Kier molecular flexibility index (Phi) is 0.970. The summed E-state index contributed by atoms with van der Waals surface area (Å²) in [5, 5.41) is 13.7. The fourth-order valence-corrected chi connectivity index (χ4v) is 0.659. The highest BCUT2D eigenvalue weighted by Gasteiger charge is 1.97. The van der Waals surface area contributed by atoms with Gasteiger partial charge in [-0.25, -0.2) is 0 Å². The molecule has 0 amide bonds. The summed E-state index contributed by atoms with van der Waals surface area (Å²) in [5.74, 6) is 0. The number of nitrogens with zero attached hydrogens (tertiary/aromatic N) is 5. The standard InChI is InChI=1S/C4H4N6/c1-5-6-2-9(1)10-3-7-8-4-10/h1-4H/p+1. The molecule has 1 N–H and O–H groups in total. The number of H-pyrrole nitrogens is 1. The molecular weight excluding hydrogens is 132 g/mol. The quantitative estimate of drug-likeness (QED) is 0.492. The Balaban J connectivity index is 2.48. The van der Waals surface area contributed by atoms with Crippen LogP contribution in [0.3, 0.4) is 0 Å². The first-order valence-electron chi connectivity index (χ1n) is 2.72. The SMILES string of the molecule is c1nncn1-[n+]1cn[nH]c1. The van der Waals surface area contributed by atoms with E-state index in [-0.39, 0.29) is 0 Å². The highest BCUT2D eigenvalue weighted by atomic mass is 15.5. The van der Waals surface area contributed by atoms with E-state index in [1.54, 1.807) is 34.7 Å². The van der Waals surface area contributed by atoms with Crippen molar-refractivity contribution in [3.8, 4) is 0 Å². The van der Waals surface area contributed by atoms with Gasteiger partial charge in [-0.05, 0) is 0 Å². The predicted octanol–water partition coefficient (Wildman–Crippen LogP) is -1.40. The highest BCUT2D eigenvalue weighted by molar-refractivity contribution is 4.50. The fraction of sp³-hybridized carbons (Fsp3) is 0. The van der Waals surface area contributed by atoms with Crippen LogP contribution in [0.15, 0.2) is 25.3 Å². The van der Waals surface area contributed by atoms with Gasteiger partial charge in [0, 0.05) is 5.10 Å². The minimum absolute atomic E-state index is 1.58. The van der Waals surface area contributed by atoms with Gasteiger partial charge in [0.25, 0.3) is 6.33 Å². The molecule has 0 atom stereocenters. The van der Waals surface area contributed by atoms with Gasteiger partial charge in [-0.2, -0.15) is 4.68 Å². The van der Waals surface area contributed by atoms with Crippen molar-refractivity contribution >= 4 is 0 Å². The third-order valence-corrected chi connectivity index (χ3v) is 1.11. The maximum atomic E-state index is 3.74. The second kappa shape index (κ2) is 1.90. The van der Waals surface area contributed by atoms with Crippen LogP contribution in [0.1, 0.15) is 0 Å². The van der Waals surface area contributed by atoms with Crippen molar-refractivity contribution in [3.63, 3.8) is 0 Å². The average Bonchev–Trinajstić information content (AvgIpc) is 2.59. The summed E-state index contributed by atoms with van der Waals surface area (Å²) >= 11 is 0.